The molecule has 0 radical (unpaired) electrons. The Morgan fingerprint density at radius 2 is 2.21 bits per heavy atom. The third-order valence-electron chi connectivity index (χ3n) is 2.99. The molecule has 0 aromatic heterocycles. The van der Waals surface area contributed by atoms with E-state index < -0.39 is 0 Å². The molecule has 3 heteroatoms. The largest absolute Gasteiger partial charge is 0.444 e. The van der Waals surface area contributed by atoms with Gasteiger partial charge in [0, 0.05) is 0 Å². The summed E-state index contributed by atoms with van der Waals surface area (Å²) in [5.41, 5.74) is 2.55. The van der Waals surface area contributed by atoms with Crippen molar-refractivity contribution >= 4 is 6.09 Å². The molecule has 1 aromatic rings. The van der Waals surface area contributed by atoms with Gasteiger partial charge in [0.2, 0.25) is 0 Å². The molecule has 1 saturated heterocycles. The quantitative estimate of drug-likeness (QED) is 0.675. The highest BCUT2D eigenvalue weighted by atomic mass is 16.6. The van der Waals surface area contributed by atoms with Crippen LogP contribution in [0.25, 0.3) is 0 Å². The van der Waals surface area contributed by atoms with E-state index in [1.54, 1.807) is 0 Å². The first-order valence-electron chi connectivity index (χ1n) is 4.89. The number of nitrogens with one attached hydrogen (secondary N) is 1. The van der Waals surface area contributed by atoms with E-state index in [-0.39, 0.29) is 18.2 Å². The molecule has 2 aliphatic rings. The monoisotopic (exact) mass is 189 g/mol. The van der Waals surface area contributed by atoms with Gasteiger partial charge in [-0.3, -0.25) is 0 Å². The first kappa shape index (κ1) is 7.85. The molecule has 0 spiro atoms. The van der Waals surface area contributed by atoms with Crippen molar-refractivity contribution in [2.24, 2.45) is 0 Å². The van der Waals surface area contributed by atoms with E-state index in [4.69, 9.17) is 4.74 Å². The standard InChI is InChI=1S/C11H11NO2/c13-11-12-10-8-4-2-1-3-7(8)5-6-9(10)14-11/h1-4,9-10H,5-6H2,(H,12,13)/t9-,10-/m0/s1. The summed E-state index contributed by atoms with van der Waals surface area (Å²) in [5.74, 6) is 0. The Hall–Kier alpha value is -1.51. The van der Waals surface area contributed by atoms with Crippen LogP contribution < -0.4 is 5.32 Å². The summed E-state index contributed by atoms with van der Waals surface area (Å²) in [6, 6.07) is 8.31. The van der Waals surface area contributed by atoms with Crippen molar-refractivity contribution in [3.63, 3.8) is 0 Å². The molecule has 3 rings (SSSR count). The fourth-order valence-electron chi connectivity index (χ4n) is 2.33. The maximum Gasteiger partial charge on any atom is 0.408 e. The van der Waals surface area contributed by atoms with Crippen LogP contribution in [0.2, 0.25) is 0 Å². The normalized spacial score (nSPS) is 28.7. The van der Waals surface area contributed by atoms with Crippen molar-refractivity contribution in [1.82, 2.24) is 5.32 Å². The highest BCUT2D eigenvalue weighted by Crippen LogP contribution is 2.34. The molecule has 1 N–H and O–H groups in total. The van der Waals surface area contributed by atoms with E-state index in [1.807, 2.05) is 12.1 Å². The minimum absolute atomic E-state index is 0.0393. The highest BCUT2D eigenvalue weighted by molar-refractivity contribution is 5.71. The zero-order valence-electron chi connectivity index (χ0n) is 7.69. The lowest BCUT2D eigenvalue weighted by Crippen LogP contribution is -2.27. The van der Waals surface area contributed by atoms with Crippen LogP contribution in [0, 0.1) is 0 Å². The molecule has 14 heavy (non-hydrogen) atoms. The average molecular weight is 189 g/mol. The number of ether oxygens (including phenoxy) is 1. The molecule has 1 aromatic carbocycles. The number of alkyl carbamates (subject to hydrolysis) is 1. The molecule has 3 nitrogen and oxygen atoms in total. The molecule has 1 aliphatic heterocycles. The number of hydrogen-bond donors (Lipinski definition) is 1. The molecule has 72 valence electrons. The summed E-state index contributed by atoms with van der Waals surface area (Å²) in [7, 11) is 0. The van der Waals surface area contributed by atoms with E-state index >= 15 is 0 Å². The Bertz CT molecular complexity index is 389. The van der Waals surface area contributed by atoms with Crippen molar-refractivity contribution in [2.45, 2.75) is 25.0 Å². The molecule has 1 fully saturated rings. The van der Waals surface area contributed by atoms with Crippen molar-refractivity contribution in [2.75, 3.05) is 0 Å². The van der Waals surface area contributed by atoms with Gasteiger partial charge >= 0.3 is 6.09 Å². The van der Waals surface area contributed by atoms with Crippen LogP contribution in [0.1, 0.15) is 23.6 Å². The van der Waals surface area contributed by atoms with Crippen molar-refractivity contribution in [3.05, 3.63) is 35.4 Å². The summed E-state index contributed by atoms with van der Waals surface area (Å²) in [4.78, 5) is 11.1. The molecule has 0 saturated carbocycles. The Kier molecular flexibility index (Phi) is 1.54. The summed E-state index contributed by atoms with van der Waals surface area (Å²) in [5, 5.41) is 2.85. The molecule has 1 heterocycles. The number of hydrogen-bond acceptors (Lipinski definition) is 2. The molecule has 0 bridgehead atoms. The summed E-state index contributed by atoms with van der Waals surface area (Å²) >= 11 is 0. The van der Waals surface area contributed by atoms with E-state index in [2.05, 4.69) is 17.4 Å². The fraction of sp³-hybridized carbons (Fsp3) is 0.364. The van der Waals surface area contributed by atoms with Gasteiger partial charge in [0.25, 0.3) is 0 Å². The van der Waals surface area contributed by atoms with Gasteiger partial charge in [0.1, 0.15) is 6.10 Å². The summed E-state index contributed by atoms with van der Waals surface area (Å²) in [6.07, 6.45) is 1.70. The number of amides is 1. The average Bonchev–Trinajstić information content (AvgIpc) is 2.59. The maximum absolute atomic E-state index is 11.1. The van der Waals surface area contributed by atoms with E-state index in [9.17, 15) is 4.79 Å². The van der Waals surface area contributed by atoms with Crippen molar-refractivity contribution < 1.29 is 9.53 Å². The molecular formula is C11H11NO2. The van der Waals surface area contributed by atoms with Crippen LogP contribution >= 0.6 is 0 Å². The minimum atomic E-state index is -0.281. The van der Waals surface area contributed by atoms with E-state index in [1.165, 1.54) is 11.1 Å². The Balaban J connectivity index is 2.05. The molecular weight excluding hydrogens is 178 g/mol. The number of carbonyl (C=O) groups excluding carboxylic acids is 1. The Morgan fingerprint density at radius 3 is 3.14 bits per heavy atom. The number of benzene rings is 1. The smallest absolute Gasteiger partial charge is 0.408 e. The number of carbonyl (C=O) groups is 1. The van der Waals surface area contributed by atoms with Crippen molar-refractivity contribution in [1.29, 1.82) is 0 Å². The second-order valence-electron chi connectivity index (χ2n) is 3.80. The third kappa shape index (κ3) is 1.02. The lowest BCUT2D eigenvalue weighted by Gasteiger charge is -2.25. The lowest BCUT2D eigenvalue weighted by molar-refractivity contribution is 0.123. The predicted octanol–water partition coefficient (Wildman–Crippen LogP) is 1.78. The number of aryl methyl sites for hydroxylation is 1. The topological polar surface area (TPSA) is 38.3 Å². The van der Waals surface area contributed by atoms with Crippen LogP contribution in [-0.2, 0) is 11.2 Å². The van der Waals surface area contributed by atoms with Crippen LogP contribution in [0.3, 0.4) is 0 Å². The number of rotatable bonds is 0. The van der Waals surface area contributed by atoms with E-state index in [0.717, 1.165) is 12.8 Å². The van der Waals surface area contributed by atoms with Crippen LogP contribution in [0.5, 0.6) is 0 Å². The Labute approximate surface area is 82.1 Å². The molecule has 1 aliphatic carbocycles. The summed E-state index contributed by atoms with van der Waals surface area (Å²) in [6.45, 7) is 0. The second kappa shape index (κ2) is 2.74. The van der Waals surface area contributed by atoms with Crippen LogP contribution in [-0.4, -0.2) is 12.2 Å². The van der Waals surface area contributed by atoms with Gasteiger partial charge in [0.15, 0.2) is 0 Å². The third-order valence-corrected chi connectivity index (χ3v) is 2.99. The SMILES string of the molecule is O=C1N[C@H]2c3ccccc3CC[C@@H]2O1. The maximum atomic E-state index is 11.1. The van der Waals surface area contributed by atoms with Crippen LogP contribution in [0.15, 0.2) is 24.3 Å². The van der Waals surface area contributed by atoms with Gasteiger partial charge in [-0.2, -0.15) is 0 Å². The zero-order valence-corrected chi connectivity index (χ0v) is 7.69. The molecule has 2 atom stereocenters. The van der Waals surface area contributed by atoms with Gasteiger partial charge in [0.05, 0.1) is 6.04 Å². The highest BCUT2D eigenvalue weighted by Gasteiger charge is 2.38. The van der Waals surface area contributed by atoms with Gasteiger partial charge in [-0.25, -0.2) is 4.79 Å². The summed E-state index contributed by atoms with van der Waals surface area (Å²) < 4.78 is 5.17. The second-order valence-corrected chi connectivity index (χ2v) is 3.80. The zero-order chi connectivity index (χ0) is 9.54. The van der Waals surface area contributed by atoms with E-state index in [0.29, 0.717) is 0 Å². The predicted molar refractivity (Wildman–Crippen MR) is 50.9 cm³/mol. The molecule has 0 unspecified atom stereocenters. The first-order chi connectivity index (χ1) is 6.84. The minimum Gasteiger partial charge on any atom is -0.444 e. The molecule has 1 amide bonds. The number of fused-ring (bicyclic) bond motifs is 3. The lowest BCUT2D eigenvalue weighted by atomic mass is 9.86. The van der Waals surface area contributed by atoms with Gasteiger partial charge in [-0.1, -0.05) is 24.3 Å². The van der Waals surface area contributed by atoms with Crippen LogP contribution in [0.4, 0.5) is 4.79 Å². The van der Waals surface area contributed by atoms with Gasteiger partial charge in [-0.15, -0.1) is 0 Å². The van der Waals surface area contributed by atoms with Gasteiger partial charge < -0.3 is 10.1 Å². The first-order valence-corrected chi connectivity index (χ1v) is 4.89. The van der Waals surface area contributed by atoms with Crippen molar-refractivity contribution in [3.8, 4) is 0 Å². The van der Waals surface area contributed by atoms with Gasteiger partial charge in [-0.05, 0) is 24.0 Å². The fourth-order valence-corrected chi connectivity index (χ4v) is 2.33. The Morgan fingerprint density at radius 1 is 1.36 bits per heavy atom.